The average Bonchev–Trinajstić information content (AvgIpc) is 3.61. The van der Waals surface area contributed by atoms with E-state index in [4.69, 9.17) is 22.1 Å². The molecule has 0 bridgehead atoms. The fraction of sp³-hybridized carbons (Fsp3) is 0.259. The van der Waals surface area contributed by atoms with Crippen LogP contribution < -0.4 is 16.0 Å². The van der Waals surface area contributed by atoms with Gasteiger partial charge in [-0.2, -0.15) is 9.07 Å². The highest BCUT2D eigenvalue weighted by Gasteiger charge is 2.28. The molecule has 0 radical (unpaired) electrons. The summed E-state index contributed by atoms with van der Waals surface area (Å²) in [5, 5.41) is 11.9. The first-order valence-corrected chi connectivity index (χ1v) is 13.1. The lowest BCUT2D eigenvalue weighted by atomic mass is 9.80. The van der Waals surface area contributed by atoms with Crippen LogP contribution in [0.25, 0.3) is 28.1 Å². The number of nitrogens with two attached hydrogens (primary N) is 1. The minimum atomic E-state index is -0.700. The molecule has 1 atom stereocenters. The van der Waals surface area contributed by atoms with Crippen LogP contribution in [0.2, 0.25) is 5.02 Å². The number of nitrogen functional groups attached to an aromatic ring is 1. The van der Waals surface area contributed by atoms with Gasteiger partial charge in [0.05, 0.1) is 42.5 Å². The summed E-state index contributed by atoms with van der Waals surface area (Å²) in [7, 11) is 1.54. The zero-order chi connectivity index (χ0) is 27.8. The number of benzene rings is 1. The maximum atomic E-state index is 14.5. The van der Waals surface area contributed by atoms with Crippen molar-refractivity contribution in [3.05, 3.63) is 82.3 Å². The summed E-state index contributed by atoms with van der Waals surface area (Å²) in [4.78, 5) is 25.2. The van der Waals surface area contributed by atoms with Crippen molar-refractivity contribution in [3.63, 3.8) is 0 Å². The second-order valence-electron chi connectivity index (χ2n) is 9.72. The Morgan fingerprint density at radius 1 is 1.20 bits per heavy atom. The number of H-pyrrole nitrogens is 1. The Bertz CT molecular complexity index is 1730. The maximum absolute atomic E-state index is 14.5. The average molecular weight is 562 g/mol. The predicted molar refractivity (Wildman–Crippen MR) is 147 cm³/mol. The Balaban J connectivity index is 1.45. The van der Waals surface area contributed by atoms with Crippen molar-refractivity contribution in [2.75, 3.05) is 12.8 Å². The van der Waals surface area contributed by atoms with Gasteiger partial charge in [-0.1, -0.05) is 30.9 Å². The number of hydrogen-bond donors (Lipinski definition) is 2. The van der Waals surface area contributed by atoms with Gasteiger partial charge in [-0.25, -0.2) is 9.97 Å². The highest BCUT2D eigenvalue weighted by Crippen LogP contribution is 2.39. The van der Waals surface area contributed by atoms with Crippen LogP contribution in [0, 0.1) is 11.9 Å². The first-order chi connectivity index (χ1) is 19.4. The Kier molecular flexibility index (Phi) is 6.76. The molecule has 13 heteroatoms. The van der Waals surface area contributed by atoms with Crippen LogP contribution in [0.1, 0.15) is 37.5 Å². The second-order valence-corrected chi connectivity index (χ2v) is 10.2. The van der Waals surface area contributed by atoms with Crippen molar-refractivity contribution in [1.29, 1.82) is 0 Å². The molecule has 1 unspecified atom stereocenters. The van der Waals surface area contributed by atoms with Crippen molar-refractivity contribution < 1.29 is 9.13 Å². The minimum absolute atomic E-state index is 0.0885. The SMILES string of the molecule is COc1cn(C(CC2CCC2)c2ncc(-c3ccc(N)nc3F)[nH]2)c(=O)cc1-c1cc(Cl)ccc1-n1cnnn1. The Morgan fingerprint density at radius 3 is 2.75 bits per heavy atom. The fourth-order valence-corrected chi connectivity index (χ4v) is 5.21. The van der Waals surface area contributed by atoms with Gasteiger partial charge in [0.25, 0.3) is 5.56 Å². The molecular formula is C27H25ClFN9O2. The molecule has 5 aromatic rings. The van der Waals surface area contributed by atoms with E-state index in [1.165, 1.54) is 30.3 Å². The molecule has 1 aliphatic rings. The standard InChI is InChI=1S/C27H25ClFN9O2/c1-40-23-13-37(25(39)11-19(23)18-10-16(28)5-7-21(18)38-14-32-35-36-38)22(9-15-3-2-4-15)27-31-12-20(33-27)17-6-8-24(30)34-26(17)29/h5-8,10-15,22H,2-4,9H2,1H3,(H2,30,34)(H,31,33). The van der Waals surface area contributed by atoms with E-state index >= 15 is 0 Å². The number of imidazole rings is 1. The Morgan fingerprint density at radius 2 is 2.05 bits per heavy atom. The Hall–Kier alpha value is -4.58. The summed E-state index contributed by atoms with van der Waals surface area (Å²) in [5.41, 5.74) is 7.83. The number of tetrazole rings is 1. The highest BCUT2D eigenvalue weighted by molar-refractivity contribution is 6.31. The van der Waals surface area contributed by atoms with Crippen molar-refractivity contribution in [2.24, 2.45) is 5.92 Å². The molecular weight excluding hydrogens is 537 g/mol. The summed E-state index contributed by atoms with van der Waals surface area (Å²) >= 11 is 6.34. The van der Waals surface area contributed by atoms with Crippen LogP contribution in [-0.4, -0.2) is 46.8 Å². The number of aromatic nitrogens is 8. The van der Waals surface area contributed by atoms with Gasteiger partial charge in [0.1, 0.15) is 23.7 Å². The molecule has 1 saturated carbocycles. The van der Waals surface area contributed by atoms with E-state index in [9.17, 15) is 9.18 Å². The normalized spacial score (nSPS) is 14.2. The van der Waals surface area contributed by atoms with Gasteiger partial charge in [0.15, 0.2) is 0 Å². The van der Waals surface area contributed by atoms with E-state index < -0.39 is 12.0 Å². The van der Waals surface area contributed by atoms with Gasteiger partial charge in [0, 0.05) is 22.2 Å². The van der Waals surface area contributed by atoms with Gasteiger partial charge < -0.3 is 20.0 Å². The van der Waals surface area contributed by atoms with Crippen molar-refractivity contribution in [2.45, 2.75) is 31.7 Å². The monoisotopic (exact) mass is 561 g/mol. The highest BCUT2D eigenvalue weighted by atomic mass is 35.5. The smallest absolute Gasteiger partial charge is 0.252 e. The number of hydrogen-bond acceptors (Lipinski definition) is 8. The van der Waals surface area contributed by atoms with Gasteiger partial charge in [0.2, 0.25) is 5.95 Å². The van der Waals surface area contributed by atoms with Crippen LogP contribution in [0.4, 0.5) is 10.2 Å². The molecule has 204 valence electrons. The molecule has 0 aliphatic heterocycles. The fourth-order valence-electron chi connectivity index (χ4n) is 5.03. The maximum Gasteiger partial charge on any atom is 0.252 e. The molecule has 1 fully saturated rings. The number of pyridine rings is 2. The van der Waals surface area contributed by atoms with Gasteiger partial charge in [-0.05, 0) is 53.1 Å². The van der Waals surface area contributed by atoms with Crippen LogP contribution in [-0.2, 0) is 0 Å². The number of halogens is 2. The van der Waals surface area contributed by atoms with E-state index in [1.54, 1.807) is 41.2 Å². The number of nitrogens with one attached hydrogen (secondary N) is 1. The third-order valence-corrected chi connectivity index (χ3v) is 7.53. The van der Waals surface area contributed by atoms with E-state index in [0.717, 1.165) is 19.3 Å². The van der Waals surface area contributed by atoms with Gasteiger partial charge in [-0.15, -0.1) is 5.10 Å². The van der Waals surface area contributed by atoms with E-state index in [0.29, 0.717) is 51.4 Å². The lowest BCUT2D eigenvalue weighted by molar-refractivity contribution is 0.258. The number of methoxy groups -OCH3 is 1. The van der Waals surface area contributed by atoms with Crippen molar-refractivity contribution in [1.82, 2.24) is 39.7 Å². The molecule has 0 saturated heterocycles. The van der Waals surface area contributed by atoms with Gasteiger partial charge >= 0.3 is 0 Å². The third kappa shape index (κ3) is 4.81. The minimum Gasteiger partial charge on any atom is -0.495 e. The predicted octanol–water partition coefficient (Wildman–Crippen LogP) is 4.44. The molecule has 0 spiro atoms. The molecule has 6 rings (SSSR count). The van der Waals surface area contributed by atoms with Crippen LogP contribution >= 0.6 is 11.6 Å². The molecule has 1 aliphatic carbocycles. The lowest BCUT2D eigenvalue weighted by Gasteiger charge is -2.30. The summed E-state index contributed by atoms with van der Waals surface area (Å²) in [6.45, 7) is 0. The molecule has 4 heterocycles. The third-order valence-electron chi connectivity index (χ3n) is 7.30. The first kappa shape index (κ1) is 25.7. The molecule has 3 N–H and O–H groups in total. The van der Waals surface area contributed by atoms with Crippen molar-refractivity contribution in [3.8, 4) is 33.8 Å². The first-order valence-electron chi connectivity index (χ1n) is 12.7. The topological polar surface area (TPSA) is 142 Å². The second kappa shape index (κ2) is 10.5. The molecule has 11 nitrogen and oxygen atoms in total. The lowest BCUT2D eigenvalue weighted by Crippen LogP contribution is -2.29. The van der Waals surface area contributed by atoms with Crippen LogP contribution in [0.3, 0.4) is 0 Å². The van der Waals surface area contributed by atoms with Crippen LogP contribution in [0.15, 0.2) is 59.9 Å². The molecule has 1 aromatic carbocycles. The summed E-state index contributed by atoms with van der Waals surface area (Å²) in [6.07, 6.45) is 8.66. The quantitative estimate of drug-likeness (QED) is 0.265. The number of nitrogens with zero attached hydrogens (tertiary/aromatic N) is 7. The number of ether oxygens (including phenoxy) is 1. The number of anilines is 1. The summed E-state index contributed by atoms with van der Waals surface area (Å²) in [5.74, 6) is 0.812. The van der Waals surface area contributed by atoms with Crippen LogP contribution in [0.5, 0.6) is 5.75 Å². The molecule has 40 heavy (non-hydrogen) atoms. The van der Waals surface area contributed by atoms with Crippen molar-refractivity contribution >= 4 is 17.4 Å². The van der Waals surface area contributed by atoms with E-state index in [-0.39, 0.29) is 16.9 Å². The summed E-state index contributed by atoms with van der Waals surface area (Å²) in [6, 6.07) is 9.38. The van der Waals surface area contributed by atoms with E-state index in [2.05, 4.69) is 30.5 Å². The number of aromatic amines is 1. The molecule has 4 aromatic heterocycles. The zero-order valence-electron chi connectivity index (χ0n) is 21.5. The largest absolute Gasteiger partial charge is 0.495 e. The van der Waals surface area contributed by atoms with E-state index in [1.807, 2.05) is 0 Å². The van der Waals surface area contributed by atoms with Gasteiger partial charge in [-0.3, -0.25) is 4.79 Å². The summed E-state index contributed by atoms with van der Waals surface area (Å²) < 4.78 is 23.4. The number of rotatable bonds is 8. The zero-order valence-corrected chi connectivity index (χ0v) is 22.2. The molecule has 0 amide bonds. The Labute approximate surface area is 232 Å².